The van der Waals surface area contributed by atoms with E-state index < -0.39 is 12.0 Å². The first kappa shape index (κ1) is 13.9. The zero-order valence-electron chi connectivity index (χ0n) is 10.7. The van der Waals surface area contributed by atoms with Gasteiger partial charge in [0.05, 0.1) is 0 Å². The Hall–Kier alpha value is -1.55. The van der Waals surface area contributed by atoms with Gasteiger partial charge in [-0.1, -0.05) is 11.6 Å². The number of aliphatic carboxylic acids is 1. The molecule has 2 rings (SSSR count). The lowest BCUT2D eigenvalue weighted by molar-refractivity contribution is -0.143. The molecule has 0 spiro atoms. The van der Waals surface area contributed by atoms with Crippen LogP contribution in [-0.2, 0) is 4.79 Å². The van der Waals surface area contributed by atoms with Crippen LogP contribution >= 0.6 is 11.6 Å². The van der Waals surface area contributed by atoms with Crippen LogP contribution in [0.15, 0.2) is 18.2 Å². The van der Waals surface area contributed by atoms with Crippen LogP contribution in [-0.4, -0.2) is 34.5 Å². The third-order valence-electron chi connectivity index (χ3n) is 3.47. The maximum Gasteiger partial charge on any atom is 0.326 e. The van der Waals surface area contributed by atoms with Crippen molar-refractivity contribution in [3.8, 4) is 0 Å². The minimum Gasteiger partial charge on any atom is -0.480 e. The summed E-state index contributed by atoms with van der Waals surface area (Å²) in [6.07, 6.45) is 2.22. The first-order valence-electron chi connectivity index (χ1n) is 6.30. The van der Waals surface area contributed by atoms with Crippen molar-refractivity contribution in [3.05, 3.63) is 34.3 Å². The van der Waals surface area contributed by atoms with Crippen molar-refractivity contribution in [2.24, 2.45) is 0 Å². The normalized spacial score (nSPS) is 19.3. The molecule has 1 saturated heterocycles. The summed E-state index contributed by atoms with van der Waals surface area (Å²) >= 11 is 5.87. The van der Waals surface area contributed by atoms with Gasteiger partial charge in [0.1, 0.15) is 6.04 Å². The van der Waals surface area contributed by atoms with Gasteiger partial charge in [0, 0.05) is 17.1 Å². The van der Waals surface area contributed by atoms with Crippen molar-refractivity contribution in [3.63, 3.8) is 0 Å². The summed E-state index contributed by atoms with van der Waals surface area (Å²) in [7, 11) is 0. The second-order valence-electron chi connectivity index (χ2n) is 4.81. The molecule has 1 unspecified atom stereocenters. The number of carboxylic acids is 1. The van der Waals surface area contributed by atoms with Crippen molar-refractivity contribution in [1.82, 2.24) is 4.90 Å². The summed E-state index contributed by atoms with van der Waals surface area (Å²) in [6, 6.07) is 4.32. The SMILES string of the molecule is Cc1cc(Cl)ccc1C(=O)N1CCCCC1C(=O)O. The molecule has 1 aliphatic rings. The van der Waals surface area contributed by atoms with Gasteiger partial charge < -0.3 is 10.0 Å². The van der Waals surface area contributed by atoms with E-state index in [1.807, 2.05) is 0 Å². The van der Waals surface area contributed by atoms with Gasteiger partial charge in [-0.3, -0.25) is 4.79 Å². The van der Waals surface area contributed by atoms with Gasteiger partial charge >= 0.3 is 5.97 Å². The lowest BCUT2D eigenvalue weighted by atomic mass is 9.99. The molecule has 0 saturated carbocycles. The highest BCUT2D eigenvalue weighted by Gasteiger charge is 2.32. The molecule has 1 N–H and O–H groups in total. The molecule has 1 heterocycles. The first-order valence-corrected chi connectivity index (χ1v) is 6.68. The number of halogens is 1. The van der Waals surface area contributed by atoms with E-state index in [0.29, 0.717) is 23.6 Å². The molecule has 1 amide bonds. The Morgan fingerprint density at radius 2 is 2.11 bits per heavy atom. The number of aryl methyl sites for hydroxylation is 1. The molecule has 1 aromatic carbocycles. The molecule has 1 atom stereocenters. The fourth-order valence-corrected chi connectivity index (χ4v) is 2.68. The van der Waals surface area contributed by atoms with Crippen molar-refractivity contribution >= 4 is 23.5 Å². The van der Waals surface area contributed by atoms with Crippen LogP contribution in [0.2, 0.25) is 5.02 Å². The van der Waals surface area contributed by atoms with E-state index in [4.69, 9.17) is 11.6 Å². The Morgan fingerprint density at radius 3 is 2.74 bits per heavy atom. The average molecular weight is 282 g/mol. The summed E-state index contributed by atoms with van der Waals surface area (Å²) in [6.45, 7) is 2.30. The molecule has 1 aromatic rings. The van der Waals surface area contributed by atoms with E-state index in [2.05, 4.69) is 0 Å². The lowest BCUT2D eigenvalue weighted by Crippen LogP contribution is -2.48. The standard InChI is InChI=1S/C14H16ClNO3/c1-9-8-10(15)5-6-11(9)13(17)16-7-3-2-4-12(16)14(18)19/h5-6,8,12H,2-4,7H2,1H3,(H,18,19). The molecule has 1 fully saturated rings. The van der Waals surface area contributed by atoms with Gasteiger partial charge in [-0.2, -0.15) is 0 Å². The minimum atomic E-state index is -0.931. The van der Waals surface area contributed by atoms with Crippen molar-refractivity contribution in [1.29, 1.82) is 0 Å². The number of carboxylic acid groups (broad SMARTS) is 1. The Kier molecular flexibility index (Phi) is 4.10. The summed E-state index contributed by atoms with van der Waals surface area (Å²) in [5.41, 5.74) is 1.30. The number of benzene rings is 1. The Balaban J connectivity index is 2.28. The number of amides is 1. The molecule has 0 bridgehead atoms. The first-order chi connectivity index (χ1) is 9.00. The minimum absolute atomic E-state index is 0.221. The Morgan fingerprint density at radius 1 is 1.37 bits per heavy atom. The van der Waals surface area contributed by atoms with Gasteiger partial charge in [-0.15, -0.1) is 0 Å². The van der Waals surface area contributed by atoms with E-state index in [-0.39, 0.29) is 5.91 Å². The number of hydrogen-bond donors (Lipinski definition) is 1. The smallest absolute Gasteiger partial charge is 0.326 e. The van der Waals surface area contributed by atoms with Crippen LogP contribution in [0.5, 0.6) is 0 Å². The predicted molar refractivity (Wildman–Crippen MR) is 72.5 cm³/mol. The molecule has 0 radical (unpaired) electrons. The van der Waals surface area contributed by atoms with Crippen LogP contribution in [0.4, 0.5) is 0 Å². The van der Waals surface area contributed by atoms with Crippen LogP contribution in [0.25, 0.3) is 0 Å². The van der Waals surface area contributed by atoms with Crippen LogP contribution in [0, 0.1) is 6.92 Å². The fraction of sp³-hybridized carbons (Fsp3) is 0.429. The molecule has 102 valence electrons. The number of hydrogen-bond acceptors (Lipinski definition) is 2. The zero-order valence-corrected chi connectivity index (χ0v) is 11.5. The highest BCUT2D eigenvalue weighted by Crippen LogP contribution is 2.22. The third kappa shape index (κ3) is 2.89. The third-order valence-corrected chi connectivity index (χ3v) is 3.70. The summed E-state index contributed by atoms with van der Waals surface area (Å²) in [4.78, 5) is 25.2. The van der Waals surface area contributed by atoms with Crippen LogP contribution in [0.1, 0.15) is 35.2 Å². The molecule has 0 aromatic heterocycles. The quantitative estimate of drug-likeness (QED) is 0.907. The average Bonchev–Trinajstić information content (AvgIpc) is 2.38. The maximum absolute atomic E-state index is 12.5. The summed E-state index contributed by atoms with van der Waals surface area (Å²) in [5, 5.41) is 9.77. The largest absolute Gasteiger partial charge is 0.480 e. The number of carbonyl (C=O) groups excluding carboxylic acids is 1. The number of likely N-dealkylation sites (tertiary alicyclic amines) is 1. The van der Waals surface area contributed by atoms with Crippen molar-refractivity contribution < 1.29 is 14.7 Å². The molecule has 5 heteroatoms. The second-order valence-corrected chi connectivity index (χ2v) is 5.24. The number of piperidine rings is 1. The van der Waals surface area contributed by atoms with Gasteiger partial charge in [0.25, 0.3) is 5.91 Å². The maximum atomic E-state index is 12.5. The zero-order chi connectivity index (χ0) is 14.0. The highest BCUT2D eigenvalue weighted by molar-refractivity contribution is 6.30. The topological polar surface area (TPSA) is 57.6 Å². The molecule has 19 heavy (non-hydrogen) atoms. The highest BCUT2D eigenvalue weighted by atomic mass is 35.5. The molecule has 4 nitrogen and oxygen atoms in total. The van der Waals surface area contributed by atoms with Gasteiger partial charge in [0.15, 0.2) is 0 Å². The van der Waals surface area contributed by atoms with Crippen molar-refractivity contribution in [2.45, 2.75) is 32.2 Å². The van der Waals surface area contributed by atoms with Crippen LogP contribution in [0.3, 0.4) is 0 Å². The summed E-state index contributed by atoms with van der Waals surface area (Å²) in [5.74, 6) is -1.15. The Bertz CT molecular complexity index is 515. The number of carbonyl (C=O) groups is 2. The van der Waals surface area contributed by atoms with E-state index in [9.17, 15) is 14.7 Å². The molecular formula is C14H16ClNO3. The summed E-state index contributed by atoms with van der Waals surface area (Å²) < 4.78 is 0. The second kappa shape index (κ2) is 5.61. The molecular weight excluding hydrogens is 266 g/mol. The van der Waals surface area contributed by atoms with E-state index in [1.54, 1.807) is 25.1 Å². The fourth-order valence-electron chi connectivity index (χ4n) is 2.45. The lowest BCUT2D eigenvalue weighted by Gasteiger charge is -2.33. The van der Waals surface area contributed by atoms with E-state index >= 15 is 0 Å². The molecule has 1 aliphatic heterocycles. The number of rotatable bonds is 2. The monoisotopic (exact) mass is 281 g/mol. The van der Waals surface area contributed by atoms with E-state index in [0.717, 1.165) is 18.4 Å². The number of nitrogens with zero attached hydrogens (tertiary/aromatic N) is 1. The van der Waals surface area contributed by atoms with Gasteiger partial charge in [-0.05, 0) is 49.9 Å². The Labute approximate surface area is 117 Å². The van der Waals surface area contributed by atoms with Gasteiger partial charge in [-0.25, -0.2) is 4.79 Å². The van der Waals surface area contributed by atoms with E-state index in [1.165, 1.54) is 4.90 Å². The molecule has 0 aliphatic carbocycles. The van der Waals surface area contributed by atoms with Gasteiger partial charge in [0.2, 0.25) is 0 Å². The predicted octanol–water partition coefficient (Wildman–Crippen LogP) is 2.73. The van der Waals surface area contributed by atoms with Crippen molar-refractivity contribution in [2.75, 3.05) is 6.54 Å². The van der Waals surface area contributed by atoms with Crippen LogP contribution < -0.4 is 0 Å².